The van der Waals surface area contributed by atoms with Crippen molar-refractivity contribution in [3.05, 3.63) is 59.9 Å². The highest BCUT2D eigenvalue weighted by Crippen LogP contribution is 2.26. The van der Waals surface area contributed by atoms with Crippen molar-refractivity contribution in [3.8, 4) is 23.0 Å². The molecule has 0 unspecified atom stereocenters. The molecular weight excluding hydrogens is 374 g/mol. The van der Waals surface area contributed by atoms with Gasteiger partial charge in [0, 0.05) is 17.7 Å². The molecule has 8 nitrogen and oxygen atoms in total. The van der Waals surface area contributed by atoms with Crippen molar-refractivity contribution in [1.29, 1.82) is 0 Å². The molecule has 1 saturated heterocycles. The van der Waals surface area contributed by atoms with Crippen LogP contribution in [-0.2, 0) is 4.74 Å². The van der Waals surface area contributed by atoms with Gasteiger partial charge in [0.15, 0.2) is 0 Å². The lowest BCUT2D eigenvalue weighted by Crippen LogP contribution is -2.42. The molecule has 1 aromatic heterocycles. The maximum atomic E-state index is 12.8. The zero-order valence-corrected chi connectivity index (χ0v) is 16.2. The maximum absolute atomic E-state index is 12.8. The minimum Gasteiger partial charge on any atom is -0.497 e. The van der Waals surface area contributed by atoms with Gasteiger partial charge in [0.2, 0.25) is 5.82 Å². The largest absolute Gasteiger partial charge is 0.497 e. The summed E-state index contributed by atoms with van der Waals surface area (Å²) in [6.07, 6.45) is -0.443. The van der Waals surface area contributed by atoms with Gasteiger partial charge in [-0.2, -0.15) is 4.98 Å². The van der Waals surface area contributed by atoms with E-state index in [1.807, 2.05) is 24.3 Å². The predicted molar refractivity (Wildman–Crippen MR) is 104 cm³/mol. The smallest absolute Gasteiger partial charge is 0.258 e. The Morgan fingerprint density at radius 2 is 1.69 bits per heavy atom. The summed E-state index contributed by atoms with van der Waals surface area (Å²) in [6, 6.07) is 14.4. The number of aromatic nitrogens is 2. The van der Waals surface area contributed by atoms with Gasteiger partial charge in [-0.05, 0) is 48.5 Å². The molecule has 1 atom stereocenters. The zero-order chi connectivity index (χ0) is 20.2. The molecule has 0 bridgehead atoms. The summed E-state index contributed by atoms with van der Waals surface area (Å²) in [5.41, 5.74) is 1.38. The van der Waals surface area contributed by atoms with Crippen LogP contribution in [-0.4, -0.2) is 54.9 Å². The van der Waals surface area contributed by atoms with E-state index in [4.69, 9.17) is 18.7 Å². The van der Waals surface area contributed by atoms with Crippen LogP contribution in [0.1, 0.15) is 22.3 Å². The molecule has 0 saturated carbocycles. The number of hydrogen-bond donors (Lipinski definition) is 0. The summed E-state index contributed by atoms with van der Waals surface area (Å²) in [6.45, 7) is 1.26. The van der Waals surface area contributed by atoms with Crippen LogP contribution in [0.25, 0.3) is 11.5 Å². The Kier molecular flexibility index (Phi) is 5.44. The van der Waals surface area contributed by atoms with E-state index < -0.39 is 6.10 Å². The van der Waals surface area contributed by atoms with Crippen LogP contribution in [0.4, 0.5) is 0 Å². The number of rotatable bonds is 5. The Balaban J connectivity index is 1.46. The van der Waals surface area contributed by atoms with Crippen LogP contribution in [0.15, 0.2) is 53.1 Å². The molecule has 2 aromatic carbocycles. The lowest BCUT2D eigenvalue weighted by Gasteiger charge is -2.31. The summed E-state index contributed by atoms with van der Waals surface area (Å²) in [5.74, 6) is 2.20. The van der Waals surface area contributed by atoms with E-state index in [1.54, 1.807) is 43.4 Å². The molecule has 29 heavy (non-hydrogen) atoms. The van der Waals surface area contributed by atoms with Crippen LogP contribution in [0.2, 0.25) is 0 Å². The number of carbonyl (C=O) groups excluding carboxylic acids is 1. The molecule has 1 aliphatic heterocycles. The van der Waals surface area contributed by atoms with E-state index in [0.29, 0.717) is 42.7 Å². The van der Waals surface area contributed by atoms with Gasteiger partial charge >= 0.3 is 0 Å². The molecule has 8 heteroatoms. The molecule has 150 valence electrons. The summed E-state index contributed by atoms with van der Waals surface area (Å²) in [4.78, 5) is 19.0. The summed E-state index contributed by atoms with van der Waals surface area (Å²) in [5, 5.41) is 4.05. The number of morpholine rings is 1. The molecule has 0 aliphatic carbocycles. The van der Waals surface area contributed by atoms with E-state index in [1.165, 1.54) is 0 Å². The van der Waals surface area contributed by atoms with Gasteiger partial charge in [-0.25, -0.2) is 0 Å². The first-order chi connectivity index (χ1) is 14.2. The zero-order valence-electron chi connectivity index (χ0n) is 16.2. The summed E-state index contributed by atoms with van der Waals surface area (Å²) < 4.78 is 21.5. The van der Waals surface area contributed by atoms with Crippen molar-refractivity contribution < 1.29 is 23.5 Å². The number of nitrogens with zero attached hydrogens (tertiary/aromatic N) is 3. The fraction of sp³-hybridized carbons (Fsp3) is 0.286. The Labute approximate surface area is 168 Å². The van der Waals surface area contributed by atoms with Crippen molar-refractivity contribution >= 4 is 5.91 Å². The van der Waals surface area contributed by atoms with E-state index >= 15 is 0 Å². The van der Waals surface area contributed by atoms with Gasteiger partial charge in [0.1, 0.15) is 17.6 Å². The fourth-order valence-electron chi connectivity index (χ4n) is 3.12. The van der Waals surface area contributed by atoms with Gasteiger partial charge in [0.05, 0.1) is 27.4 Å². The third-order valence-electron chi connectivity index (χ3n) is 4.76. The molecule has 1 fully saturated rings. The number of ether oxygens (including phenoxy) is 3. The first-order valence-electron chi connectivity index (χ1n) is 9.21. The van der Waals surface area contributed by atoms with Crippen LogP contribution in [0.5, 0.6) is 11.5 Å². The quantitative estimate of drug-likeness (QED) is 0.656. The second-order valence-corrected chi connectivity index (χ2v) is 6.53. The lowest BCUT2D eigenvalue weighted by atomic mass is 10.1. The van der Waals surface area contributed by atoms with E-state index in [0.717, 1.165) is 11.3 Å². The van der Waals surface area contributed by atoms with Crippen LogP contribution in [0.3, 0.4) is 0 Å². The topological polar surface area (TPSA) is 86.9 Å². The van der Waals surface area contributed by atoms with Crippen molar-refractivity contribution in [3.63, 3.8) is 0 Å². The van der Waals surface area contributed by atoms with Crippen molar-refractivity contribution in [2.75, 3.05) is 33.9 Å². The highest BCUT2D eigenvalue weighted by molar-refractivity contribution is 5.94. The number of hydrogen-bond acceptors (Lipinski definition) is 7. The molecule has 0 spiro atoms. The minimum absolute atomic E-state index is 0.0696. The molecule has 0 radical (unpaired) electrons. The highest BCUT2D eigenvalue weighted by Gasteiger charge is 2.29. The Hall–Kier alpha value is -3.39. The molecule has 4 rings (SSSR count). The van der Waals surface area contributed by atoms with E-state index in [-0.39, 0.29) is 5.91 Å². The van der Waals surface area contributed by atoms with Crippen molar-refractivity contribution in [1.82, 2.24) is 15.0 Å². The number of carbonyl (C=O) groups is 1. The molecule has 0 N–H and O–H groups in total. The predicted octanol–water partition coefficient (Wildman–Crippen LogP) is 2.97. The highest BCUT2D eigenvalue weighted by atomic mass is 16.5. The van der Waals surface area contributed by atoms with Crippen LogP contribution < -0.4 is 9.47 Å². The first-order valence-corrected chi connectivity index (χ1v) is 9.21. The van der Waals surface area contributed by atoms with E-state index in [2.05, 4.69) is 10.1 Å². The number of amides is 1. The normalized spacial score (nSPS) is 16.5. The summed E-state index contributed by atoms with van der Waals surface area (Å²) >= 11 is 0. The fourth-order valence-corrected chi connectivity index (χ4v) is 3.12. The minimum atomic E-state index is -0.443. The molecule has 1 amide bonds. The molecule has 1 aliphatic rings. The van der Waals surface area contributed by atoms with Crippen molar-refractivity contribution in [2.45, 2.75) is 6.10 Å². The van der Waals surface area contributed by atoms with Crippen LogP contribution in [0, 0.1) is 0 Å². The SMILES string of the molecule is COc1ccc(C(=O)N2CCO[C@H](c3noc(-c4ccc(OC)cc4)n3)C2)cc1. The molecule has 3 aromatic rings. The first kappa shape index (κ1) is 18.9. The van der Waals surface area contributed by atoms with Gasteiger partial charge in [-0.1, -0.05) is 5.16 Å². The number of methoxy groups -OCH3 is 2. The molecular formula is C21H21N3O5. The van der Waals surface area contributed by atoms with E-state index in [9.17, 15) is 4.79 Å². The average Bonchev–Trinajstić information content (AvgIpc) is 3.29. The van der Waals surface area contributed by atoms with Gasteiger partial charge in [-0.3, -0.25) is 4.79 Å². The monoisotopic (exact) mass is 395 g/mol. The standard InChI is InChI=1S/C21H21N3O5/c1-26-16-7-3-14(4-8-16)20-22-19(23-29-20)18-13-24(11-12-28-18)21(25)15-5-9-17(27-2)10-6-15/h3-10,18H,11-13H2,1-2H3/t18-/m0/s1. The summed E-state index contributed by atoms with van der Waals surface area (Å²) in [7, 11) is 3.20. The third kappa shape index (κ3) is 4.07. The second-order valence-electron chi connectivity index (χ2n) is 6.53. The Bertz CT molecular complexity index is 969. The van der Waals surface area contributed by atoms with Gasteiger partial charge in [0.25, 0.3) is 11.8 Å². The van der Waals surface area contributed by atoms with Crippen LogP contribution >= 0.6 is 0 Å². The Morgan fingerprint density at radius 3 is 2.34 bits per heavy atom. The molecule has 2 heterocycles. The maximum Gasteiger partial charge on any atom is 0.258 e. The lowest BCUT2D eigenvalue weighted by molar-refractivity contribution is -0.0276. The second kappa shape index (κ2) is 8.32. The van der Waals surface area contributed by atoms with Crippen molar-refractivity contribution in [2.24, 2.45) is 0 Å². The average molecular weight is 395 g/mol. The third-order valence-corrected chi connectivity index (χ3v) is 4.76. The number of benzene rings is 2. The van der Waals surface area contributed by atoms with Gasteiger partial charge in [-0.15, -0.1) is 0 Å². The van der Waals surface area contributed by atoms with Gasteiger partial charge < -0.3 is 23.6 Å². The Morgan fingerprint density at radius 1 is 1.03 bits per heavy atom.